The third kappa shape index (κ3) is 30.3. The highest BCUT2D eigenvalue weighted by Gasteiger charge is 2.52. The molecule has 0 saturated carbocycles. The molecule has 1 amide bonds. The lowest BCUT2D eigenvalue weighted by atomic mass is 9.96. The van der Waals surface area contributed by atoms with Crippen molar-refractivity contribution in [1.82, 2.24) is 5.32 Å². The Morgan fingerprint density at radius 3 is 1.41 bits per heavy atom. The Bertz CT molecular complexity index is 1190. The molecule has 1 fully saturated rings. The Balaban J connectivity index is 3.00. The van der Waals surface area contributed by atoms with E-state index in [1.165, 1.54) is 103 Å². The summed E-state index contributed by atoms with van der Waals surface area (Å²) in [5.74, 6) is -2.56. The number of carbonyl (C=O) groups excluding carboxylic acids is 3. The van der Waals surface area contributed by atoms with E-state index in [1.54, 1.807) is 0 Å². The van der Waals surface area contributed by atoms with Crippen molar-refractivity contribution in [1.29, 1.82) is 0 Å². The SMILES string of the molecule is CCCCCCCCCCCCCC(=O)OC(CCCCCCCCCCCC)C(=O)O[C@H]1[C@H](OP(=O)(O)O)[C@@H](CO)OC(O)[C@@H]1NC(=O)C(O)CCCCCCCCCCCC. The van der Waals surface area contributed by atoms with Crippen LogP contribution in [0, 0.1) is 0 Å². The van der Waals surface area contributed by atoms with Crippen LogP contribution < -0.4 is 5.32 Å². The van der Waals surface area contributed by atoms with Crippen molar-refractivity contribution < 1.29 is 62.8 Å². The highest BCUT2D eigenvalue weighted by molar-refractivity contribution is 7.46. The summed E-state index contributed by atoms with van der Waals surface area (Å²) in [5.41, 5.74) is 0. The van der Waals surface area contributed by atoms with Crippen LogP contribution in [0.4, 0.5) is 0 Å². The van der Waals surface area contributed by atoms with Gasteiger partial charge >= 0.3 is 19.8 Å². The van der Waals surface area contributed by atoms with Crippen molar-refractivity contribution in [2.45, 2.75) is 282 Å². The fourth-order valence-electron chi connectivity index (χ4n) is 8.27. The van der Waals surface area contributed by atoms with Gasteiger partial charge in [-0.15, -0.1) is 0 Å². The van der Waals surface area contributed by atoms with Gasteiger partial charge in [0.1, 0.15) is 24.4 Å². The van der Waals surface area contributed by atoms with E-state index in [0.29, 0.717) is 19.3 Å². The lowest BCUT2D eigenvalue weighted by Gasteiger charge is -2.44. The van der Waals surface area contributed by atoms with Gasteiger partial charge in [0.15, 0.2) is 18.5 Å². The third-order valence-corrected chi connectivity index (χ3v) is 12.7. The average molecular weight is 922 g/mol. The predicted octanol–water partition coefficient (Wildman–Crippen LogP) is 10.2. The van der Waals surface area contributed by atoms with E-state index in [1.807, 2.05) is 0 Å². The summed E-state index contributed by atoms with van der Waals surface area (Å²) in [6.45, 7) is 5.69. The highest BCUT2D eigenvalue weighted by Crippen LogP contribution is 2.42. The lowest BCUT2D eigenvalue weighted by molar-refractivity contribution is -0.258. The van der Waals surface area contributed by atoms with E-state index in [9.17, 15) is 44.1 Å². The first-order valence-electron chi connectivity index (χ1n) is 25.4. The second-order valence-electron chi connectivity index (χ2n) is 18.0. The zero-order chi connectivity index (χ0) is 46.6. The van der Waals surface area contributed by atoms with Crippen molar-refractivity contribution in [2.75, 3.05) is 6.61 Å². The number of carbonyl (C=O) groups is 3. The molecule has 15 heteroatoms. The fraction of sp³-hybridized carbons (Fsp3) is 0.938. The number of amides is 1. The van der Waals surface area contributed by atoms with Crippen molar-refractivity contribution in [2.24, 2.45) is 0 Å². The molecule has 7 atom stereocenters. The fourth-order valence-corrected chi connectivity index (χ4v) is 8.84. The van der Waals surface area contributed by atoms with E-state index in [0.717, 1.165) is 77.0 Å². The molecular formula is C48H92NO13P. The maximum Gasteiger partial charge on any atom is 0.470 e. The van der Waals surface area contributed by atoms with Gasteiger partial charge in [0.25, 0.3) is 0 Å². The van der Waals surface area contributed by atoms with Gasteiger partial charge in [-0.3, -0.25) is 14.1 Å². The molecule has 14 nitrogen and oxygen atoms in total. The number of nitrogens with one attached hydrogen (secondary N) is 1. The molecule has 0 aromatic heterocycles. The molecule has 0 aliphatic carbocycles. The standard InChI is InChI=1S/C48H92NO13P/c1-4-7-10-13-16-19-22-25-28-31-34-37-42(52)59-40(36-33-30-27-24-21-18-15-12-9-6-3)47(54)61-45-43(48(55)60-41(38-50)44(45)62-63(56,57)58)49-46(53)39(51)35-32-29-26-23-20-17-14-11-8-5-2/h39-41,43-45,48,50-51,55H,4-38H2,1-3H3,(H,49,53)(H2,56,57,58)/t39?,40?,41-,43-,44-,45-,48?/m1/s1. The summed E-state index contributed by atoms with van der Waals surface area (Å²) in [5, 5.41) is 34.3. The summed E-state index contributed by atoms with van der Waals surface area (Å²) in [6, 6.07) is -1.67. The zero-order valence-corrected chi connectivity index (χ0v) is 40.6. The van der Waals surface area contributed by atoms with Gasteiger partial charge < -0.3 is 44.6 Å². The molecular weight excluding hydrogens is 829 g/mol. The van der Waals surface area contributed by atoms with Crippen LogP contribution in [-0.4, -0.2) is 92.4 Å². The minimum atomic E-state index is -5.33. The first kappa shape index (κ1) is 59.4. The van der Waals surface area contributed by atoms with Gasteiger partial charge in [0.2, 0.25) is 5.91 Å². The van der Waals surface area contributed by atoms with Crippen LogP contribution in [0.15, 0.2) is 0 Å². The number of esters is 2. The maximum atomic E-state index is 14.0. The smallest absolute Gasteiger partial charge is 0.454 e. The maximum absolute atomic E-state index is 14.0. The Morgan fingerprint density at radius 1 is 0.603 bits per heavy atom. The summed E-state index contributed by atoms with van der Waals surface area (Å²) in [7, 11) is -5.33. The van der Waals surface area contributed by atoms with E-state index < -0.39 is 75.1 Å². The highest BCUT2D eigenvalue weighted by atomic mass is 31.2. The predicted molar refractivity (Wildman–Crippen MR) is 247 cm³/mol. The number of phosphoric ester groups is 1. The molecule has 6 N–H and O–H groups in total. The van der Waals surface area contributed by atoms with E-state index in [4.69, 9.17) is 18.7 Å². The van der Waals surface area contributed by atoms with Gasteiger partial charge in [-0.2, -0.15) is 0 Å². The molecule has 1 rings (SSSR count). The zero-order valence-electron chi connectivity index (χ0n) is 39.7. The Morgan fingerprint density at radius 2 is 1.00 bits per heavy atom. The topological polar surface area (TPSA) is 218 Å². The number of rotatable bonds is 42. The summed E-state index contributed by atoms with van der Waals surface area (Å²) < 4.78 is 34.1. The van der Waals surface area contributed by atoms with Crippen molar-refractivity contribution in [3.63, 3.8) is 0 Å². The molecule has 372 valence electrons. The van der Waals surface area contributed by atoms with Gasteiger partial charge in [0.05, 0.1) is 6.61 Å². The quantitative estimate of drug-likeness (QED) is 0.0191. The number of phosphoric acid groups is 1. The minimum absolute atomic E-state index is 0.0982. The lowest BCUT2D eigenvalue weighted by Crippen LogP contribution is -2.66. The van der Waals surface area contributed by atoms with Crippen molar-refractivity contribution >= 4 is 25.7 Å². The second-order valence-corrected chi connectivity index (χ2v) is 19.2. The monoisotopic (exact) mass is 922 g/mol. The third-order valence-electron chi connectivity index (χ3n) is 12.1. The van der Waals surface area contributed by atoms with Gasteiger partial charge in [0, 0.05) is 6.42 Å². The van der Waals surface area contributed by atoms with Crippen LogP contribution in [0.3, 0.4) is 0 Å². The second kappa shape index (κ2) is 38.5. The number of aliphatic hydroxyl groups excluding tert-OH is 3. The average Bonchev–Trinajstić information content (AvgIpc) is 3.25. The molecule has 63 heavy (non-hydrogen) atoms. The van der Waals surface area contributed by atoms with Crippen LogP contribution in [0.2, 0.25) is 0 Å². The molecule has 1 heterocycles. The van der Waals surface area contributed by atoms with Crippen LogP contribution >= 0.6 is 7.82 Å². The van der Waals surface area contributed by atoms with Gasteiger partial charge in [-0.05, 0) is 25.7 Å². The minimum Gasteiger partial charge on any atom is -0.454 e. The van der Waals surface area contributed by atoms with Gasteiger partial charge in [-0.25, -0.2) is 9.36 Å². The number of ether oxygens (including phenoxy) is 3. The first-order valence-corrected chi connectivity index (χ1v) is 27.0. The number of unbranched alkanes of at least 4 members (excludes halogenated alkanes) is 28. The molecule has 0 aromatic rings. The van der Waals surface area contributed by atoms with E-state index in [2.05, 4.69) is 26.1 Å². The summed E-state index contributed by atoms with van der Waals surface area (Å²) in [4.78, 5) is 60.1. The molecule has 3 unspecified atom stereocenters. The van der Waals surface area contributed by atoms with Gasteiger partial charge in [-0.1, -0.05) is 207 Å². The van der Waals surface area contributed by atoms with E-state index in [-0.39, 0.29) is 19.3 Å². The molecule has 0 radical (unpaired) electrons. The number of hydrogen-bond acceptors (Lipinski definition) is 11. The normalized spacial score (nSPS) is 20.0. The van der Waals surface area contributed by atoms with Crippen molar-refractivity contribution in [3.05, 3.63) is 0 Å². The van der Waals surface area contributed by atoms with Crippen molar-refractivity contribution in [3.8, 4) is 0 Å². The summed E-state index contributed by atoms with van der Waals surface area (Å²) in [6.07, 6.45) is 23.5. The van der Waals surface area contributed by atoms with E-state index >= 15 is 0 Å². The summed E-state index contributed by atoms with van der Waals surface area (Å²) >= 11 is 0. The van der Waals surface area contributed by atoms with Crippen LogP contribution in [0.5, 0.6) is 0 Å². The Hall–Kier alpha value is -1.64. The molecule has 0 spiro atoms. The molecule has 1 saturated heterocycles. The first-order chi connectivity index (χ1) is 30.4. The van der Waals surface area contributed by atoms with Crippen LogP contribution in [0.1, 0.15) is 239 Å². The number of hydrogen-bond donors (Lipinski definition) is 6. The number of aliphatic hydroxyl groups is 3. The molecule has 0 bridgehead atoms. The largest absolute Gasteiger partial charge is 0.470 e. The molecule has 1 aliphatic heterocycles. The Labute approximate surface area is 381 Å². The molecule has 1 aliphatic rings. The van der Waals surface area contributed by atoms with Crippen LogP contribution in [0.25, 0.3) is 0 Å². The van der Waals surface area contributed by atoms with Crippen LogP contribution in [-0.2, 0) is 37.7 Å². The molecule has 0 aromatic carbocycles. The Kier molecular flexibility index (Phi) is 36.3.